The van der Waals surface area contributed by atoms with Crippen LogP contribution in [0.15, 0.2) is 24.4 Å². The van der Waals surface area contributed by atoms with Crippen molar-refractivity contribution in [2.45, 2.75) is 26.3 Å². The third-order valence-corrected chi connectivity index (χ3v) is 3.24. The van der Waals surface area contributed by atoms with E-state index in [0.717, 1.165) is 6.08 Å². The predicted molar refractivity (Wildman–Crippen MR) is 76.3 cm³/mol. The van der Waals surface area contributed by atoms with Crippen molar-refractivity contribution >= 4 is 28.1 Å². The zero-order chi connectivity index (χ0) is 15.4. The van der Waals surface area contributed by atoms with Gasteiger partial charge >= 0.3 is 16.2 Å². The lowest BCUT2D eigenvalue weighted by Gasteiger charge is -2.20. The van der Waals surface area contributed by atoms with E-state index >= 15 is 0 Å². The Morgan fingerprint density at radius 1 is 1.40 bits per heavy atom. The molecule has 1 aromatic heterocycles. The summed E-state index contributed by atoms with van der Waals surface area (Å²) in [5.74, 6) is -0.979. The summed E-state index contributed by atoms with van der Waals surface area (Å²) >= 11 is 0. The topological polar surface area (TPSA) is 108 Å². The lowest BCUT2D eigenvalue weighted by Crippen LogP contribution is -2.43. The summed E-state index contributed by atoms with van der Waals surface area (Å²) in [7, 11) is -3.74. The van der Waals surface area contributed by atoms with Crippen LogP contribution in [-0.4, -0.2) is 30.0 Å². The van der Waals surface area contributed by atoms with E-state index in [1.54, 1.807) is 26.8 Å². The fourth-order valence-electron chi connectivity index (χ4n) is 1.34. The van der Waals surface area contributed by atoms with Crippen LogP contribution in [0.25, 0.3) is 6.08 Å². The van der Waals surface area contributed by atoms with Gasteiger partial charge in [-0.05, 0) is 44.5 Å². The second kappa shape index (κ2) is 6.02. The van der Waals surface area contributed by atoms with E-state index in [9.17, 15) is 13.2 Å². The standard InChI is InChI=1S/C12H17N3O4S/c1-12(2,3)15-20(18,19)14-10-8-9(6-7-13-10)4-5-11(16)17/h4-8,15H,1-3H3,(H,13,14)(H,16,17)/b5-4+. The average molecular weight is 299 g/mol. The van der Waals surface area contributed by atoms with Gasteiger partial charge in [0.25, 0.3) is 0 Å². The summed E-state index contributed by atoms with van der Waals surface area (Å²) in [5, 5.41) is 8.53. The van der Waals surface area contributed by atoms with Crippen LogP contribution in [-0.2, 0) is 15.0 Å². The van der Waals surface area contributed by atoms with Gasteiger partial charge in [-0.1, -0.05) is 0 Å². The molecule has 1 aromatic rings. The lowest BCUT2D eigenvalue weighted by atomic mass is 10.1. The SMILES string of the molecule is CC(C)(C)NS(=O)(=O)Nc1cc(/C=C/C(=O)O)ccn1. The summed E-state index contributed by atoms with van der Waals surface area (Å²) in [6, 6.07) is 3.00. The number of carbonyl (C=O) groups is 1. The summed E-state index contributed by atoms with van der Waals surface area (Å²) in [4.78, 5) is 14.3. The summed E-state index contributed by atoms with van der Waals surface area (Å²) in [5.41, 5.74) is -0.0945. The second-order valence-electron chi connectivity index (χ2n) is 5.10. The molecule has 0 spiro atoms. The first-order valence-corrected chi connectivity index (χ1v) is 7.24. The van der Waals surface area contributed by atoms with Crippen LogP contribution < -0.4 is 9.44 Å². The highest BCUT2D eigenvalue weighted by Crippen LogP contribution is 2.11. The van der Waals surface area contributed by atoms with Gasteiger partial charge in [-0.25, -0.2) is 9.78 Å². The predicted octanol–water partition coefficient (Wildman–Crippen LogP) is 1.22. The number of hydrogen-bond acceptors (Lipinski definition) is 4. The molecule has 1 rings (SSSR count). The molecule has 0 unspecified atom stereocenters. The Morgan fingerprint density at radius 2 is 2.05 bits per heavy atom. The second-order valence-corrected chi connectivity index (χ2v) is 6.52. The molecule has 0 radical (unpaired) electrons. The molecule has 0 atom stereocenters. The van der Waals surface area contributed by atoms with Crippen molar-refractivity contribution in [3.8, 4) is 0 Å². The third kappa shape index (κ3) is 6.30. The average Bonchev–Trinajstić information content (AvgIpc) is 2.22. The number of aliphatic carboxylic acids is 1. The fourth-order valence-corrected chi connectivity index (χ4v) is 2.58. The van der Waals surface area contributed by atoms with Gasteiger partial charge in [0, 0.05) is 17.8 Å². The minimum absolute atomic E-state index is 0.106. The molecule has 0 saturated heterocycles. The largest absolute Gasteiger partial charge is 0.478 e. The summed E-state index contributed by atoms with van der Waals surface area (Å²) in [6.45, 7) is 5.14. The molecule has 0 aliphatic rings. The number of carboxylic acids is 1. The highest BCUT2D eigenvalue weighted by molar-refractivity contribution is 7.90. The minimum Gasteiger partial charge on any atom is -0.478 e. The number of nitrogens with one attached hydrogen (secondary N) is 2. The zero-order valence-electron chi connectivity index (χ0n) is 11.4. The van der Waals surface area contributed by atoms with Crippen LogP contribution in [0, 0.1) is 0 Å². The molecule has 0 fully saturated rings. The quantitative estimate of drug-likeness (QED) is 0.708. The first-order chi connectivity index (χ1) is 9.07. The van der Waals surface area contributed by atoms with Crippen molar-refractivity contribution in [2.75, 3.05) is 4.72 Å². The van der Waals surface area contributed by atoms with Gasteiger partial charge in [0.1, 0.15) is 5.82 Å². The Labute approximate surface area is 117 Å². The monoisotopic (exact) mass is 299 g/mol. The van der Waals surface area contributed by atoms with Crippen molar-refractivity contribution in [1.82, 2.24) is 9.71 Å². The molecule has 0 saturated carbocycles. The normalized spacial score (nSPS) is 12.6. The first-order valence-electron chi connectivity index (χ1n) is 5.76. The van der Waals surface area contributed by atoms with Gasteiger partial charge in [0.05, 0.1) is 0 Å². The number of pyridine rings is 1. The molecular weight excluding hydrogens is 282 g/mol. The van der Waals surface area contributed by atoms with E-state index in [4.69, 9.17) is 5.11 Å². The molecule has 110 valence electrons. The number of anilines is 1. The van der Waals surface area contributed by atoms with E-state index in [1.807, 2.05) is 0 Å². The van der Waals surface area contributed by atoms with Gasteiger partial charge in [-0.15, -0.1) is 0 Å². The number of aromatic nitrogens is 1. The van der Waals surface area contributed by atoms with Crippen molar-refractivity contribution in [3.63, 3.8) is 0 Å². The molecule has 0 bridgehead atoms. The Bertz CT molecular complexity index is 618. The Balaban J connectivity index is 2.88. The summed E-state index contributed by atoms with van der Waals surface area (Å²) < 4.78 is 28.3. The molecular formula is C12H17N3O4S. The Morgan fingerprint density at radius 3 is 2.60 bits per heavy atom. The first kappa shape index (κ1) is 16.1. The Kier molecular flexibility index (Phi) is 4.85. The van der Waals surface area contributed by atoms with Crippen molar-refractivity contribution in [2.24, 2.45) is 0 Å². The maximum atomic E-state index is 11.8. The van der Waals surface area contributed by atoms with Crippen LogP contribution in [0.5, 0.6) is 0 Å². The third-order valence-electron chi connectivity index (χ3n) is 1.88. The molecule has 0 aliphatic carbocycles. The van der Waals surface area contributed by atoms with Crippen LogP contribution in [0.2, 0.25) is 0 Å². The molecule has 3 N–H and O–H groups in total. The lowest BCUT2D eigenvalue weighted by molar-refractivity contribution is -0.131. The van der Waals surface area contributed by atoms with Crippen LogP contribution in [0.3, 0.4) is 0 Å². The fraction of sp³-hybridized carbons (Fsp3) is 0.333. The van der Waals surface area contributed by atoms with Crippen molar-refractivity contribution in [3.05, 3.63) is 30.0 Å². The smallest absolute Gasteiger partial charge is 0.328 e. The van der Waals surface area contributed by atoms with Gasteiger partial charge in [0.15, 0.2) is 0 Å². The van der Waals surface area contributed by atoms with E-state index in [1.165, 1.54) is 18.3 Å². The highest BCUT2D eigenvalue weighted by Gasteiger charge is 2.19. The number of carboxylic acid groups (broad SMARTS) is 1. The van der Waals surface area contributed by atoms with E-state index in [-0.39, 0.29) is 5.82 Å². The molecule has 8 heteroatoms. The molecule has 7 nitrogen and oxygen atoms in total. The molecule has 0 amide bonds. The minimum atomic E-state index is -3.74. The number of hydrogen-bond donors (Lipinski definition) is 3. The Hall–Kier alpha value is -1.93. The zero-order valence-corrected chi connectivity index (χ0v) is 12.2. The number of rotatable bonds is 5. The van der Waals surface area contributed by atoms with Crippen molar-refractivity contribution in [1.29, 1.82) is 0 Å². The van der Waals surface area contributed by atoms with Crippen LogP contribution in [0.1, 0.15) is 26.3 Å². The van der Waals surface area contributed by atoms with Crippen LogP contribution in [0.4, 0.5) is 5.82 Å². The van der Waals surface area contributed by atoms with Crippen LogP contribution >= 0.6 is 0 Å². The van der Waals surface area contributed by atoms with E-state index in [0.29, 0.717) is 5.56 Å². The van der Waals surface area contributed by atoms with Gasteiger partial charge < -0.3 is 5.11 Å². The summed E-state index contributed by atoms with van der Waals surface area (Å²) in [6.07, 6.45) is 3.69. The molecule has 0 aromatic carbocycles. The van der Waals surface area contributed by atoms with E-state index in [2.05, 4.69) is 14.4 Å². The number of nitrogens with zero attached hydrogens (tertiary/aromatic N) is 1. The highest BCUT2D eigenvalue weighted by atomic mass is 32.2. The maximum absolute atomic E-state index is 11.8. The van der Waals surface area contributed by atoms with Gasteiger partial charge in [-0.2, -0.15) is 13.1 Å². The molecule has 1 heterocycles. The van der Waals surface area contributed by atoms with Gasteiger partial charge in [0.2, 0.25) is 0 Å². The van der Waals surface area contributed by atoms with Crippen molar-refractivity contribution < 1.29 is 18.3 Å². The van der Waals surface area contributed by atoms with Gasteiger partial charge in [-0.3, -0.25) is 4.72 Å². The van der Waals surface area contributed by atoms with E-state index < -0.39 is 21.7 Å². The molecule has 20 heavy (non-hydrogen) atoms. The maximum Gasteiger partial charge on any atom is 0.328 e. The molecule has 0 aliphatic heterocycles.